The lowest BCUT2D eigenvalue weighted by atomic mass is 10.2. The molecule has 31 heavy (non-hydrogen) atoms. The Labute approximate surface area is 187 Å². The topological polar surface area (TPSA) is 80.5 Å². The lowest BCUT2D eigenvalue weighted by Gasteiger charge is -2.12. The molecule has 1 amide bonds. The zero-order chi connectivity index (χ0) is 22.2. The van der Waals surface area contributed by atoms with Crippen LogP contribution in [0.5, 0.6) is 5.75 Å². The number of carbonyl (C=O) groups excluding carboxylic acids is 1. The van der Waals surface area contributed by atoms with Gasteiger partial charge in [-0.05, 0) is 57.8 Å². The van der Waals surface area contributed by atoms with E-state index in [1.807, 2.05) is 52.2 Å². The molecule has 0 atom stereocenters. The summed E-state index contributed by atoms with van der Waals surface area (Å²) in [6.45, 7) is 5.73. The molecule has 7 nitrogen and oxygen atoms in total. The van der Waals surface area contributed by atoms with Gasteiger partial charge in [0, 0.05) is 30.6 Å². The van der Waals surface area contributed by atoms with Crippen molar-refractivity contribution in [3.63, 3.8) is 0 Å². The molecule has 0 aliphatic heterocycles. The summed E-state index contributed by atoms with van der Waals surface area (Å²) in [6, 6.07) is 11.3. The summed E-state index contributed by atoms with van der Waals surface area (Å²) < 4.78 is 10.9. The second kappa shape index (κ2) is 11.0. The molecule has 0 unspecified atom stereocenters. The highest BCUT2D eigenvalue weighted by atomic mass is 32.2. The van der Waals surface area contributed by atoms with Crippen LogP contribution >= 0.6 is 11.8 Å². The predicted molar refractivity (Wildman–Crippen MR) is 121 cm³/mol. The number of aromatic nitrogens is 2. The molecule has 0 radical (unpaired) electrons. The average Bonchev–Trinajstić information content (AvgIpc) is 3.08. The van der Waals surface area contributed by atoms with E-state index in [0.29, 0.717) is 29.5 Å². The molecule has 2 aromatic heterocycles. The van der Waals surface area contributed by atoms with Crippen molar-refractivity contribution in [2.75, 3.05) is 27.2 Å². The Balaban J connectivity index is 1.56. The van der Waals surface area contributed by atoms with Gasteiger partial charge in [-0.2, -0.15) is 0 Å². The largest absolute Gasteiger partial charge is 0.492 e. The fourth-order valence-corrected chi connectivity index (χ4v) is 4.00. The zero-order valence-corrected chi connectivity index (χ0v) is 19.2. The van der Waals surface area contributed by atoms with Crippen LogP contribution < -0.4 is 10.1 Å². The number of aryl methyl sites for hydroxylation is 2. The fraction of sp³-hybridized carbons (Fsp3) is 0.348. The van der Waals surface area contributed by atoms with Gasteiger partial charge in [0.05, 0.1) is 11.3 Å². The normalized spacial score (nSPS) is 11.0. The third-order valence-corrected chi connectivity index (χ3v) is 5.77. The summed E-state index contributed by atoms with van der Waals surface area (Å²) in [7, 11) is 4.02. The minimum atomic E-state index is -0.152. The summed E-state index contributed by atoms with van der Waals surface area (Å²) in [5.41, 5.74) is 3.46. The molecule has 0 aliphatic carbocycles. The quantitative estimate of drug-likeness (QED) is 0.480. The summed E-state index contributed by atoms with van der Waals surface area (Å²) in [4.78, 5) is 19.3. The van der Waals surface area contributed by atoms with Gasteiger partial charge in [-0.15, -0.1) is 11.8 Å². The monoisotopic (exact) mass is 440 g/mol. The van der Waals surface area contributed by atoms with Gasteiger partial charge >= 0.3 is 0 Å². The van der Waals surface area contributed by atoms with Gasteiger partial charge in [-0.1, -0.05) is 17.3 Å². The van der Waals surface area contributed by atoms with Gasteiger partial charge in [0.15, 0.2) is 0 Å². The molecule has 1 N–H and O–H groups in total. The van der Waals surface area contributed by atoms with Crippen LogP contribution in [0.15, 0.2) is 52.1 Å². The highest BCUT2D eigenvalue weighted by Crippen LogP contribution is 2.27. The number of nitrogens with one attached hydrogen (secondary N) is 1. The number of ether oxygens (including phenoxy) is 1. The van der Waals surface area contributed by atoms with E-state index in [1.54, 1.807) is 18.3 Å². The van der Waals surface area contributed by atoms with Gasteiger partial charge in [-0.25, -0.2) is 4.98 Å². The molecule has 3 rings (SSSR count). The maximum atomic E-state index is 12.8. The Morgan fingerprint density at radius 1 is 1.19 bits per heavy atom. The van der Waals surface area contributed by atoms with Crippen LogP contribution in [-0.2, 0) is 12.3 Å². The summed E-state index contributed by atoms with van der Waals surface area (Å²) in [5.74, 6) is 2.11. The third-order valence-electron chi connectivity index (χ3n) is 4.73. The summed E-state index contributed by atoms with van der Waals surface area (Å²) in [6.07, 6.45) is 1.70. The molecule has 1 aromatic carbocycles. The SMILES string of the molecule is Cc1noc(C)c1CSc1ncccc1C(=O)NCc1ccc(OCCN(C)C)cc1. The van der Waals surface area contributed by atoms with Crippen LogP contribution in [0.25, 0.3) is 0 Å². The van der Waals surface area contributed by atoms with Crippen molar-refractivity contribution < 1.29 is 14.1 Å². The molecule has 164 valence electrons. The number of carbonyl (C=O) groups is 1. The first kappa shape index (κ1) is 22.8. The predicted octanol–water partition coefficient (Wildman–Crippen LogP) is 3.85. The van der Waals surface area contributed by atoms with Crippen LogP contribution in [0.4, 0.5) is 0 Å². The van der Waals surface area contributed by atoms with Gasteiger partial charge in [0.25, 0.3) is 5.91 Å². The molecule has 0 aliphatic rings. The molecular formula is C23H28N4O3S. The Bertz CT molecular complexity index is 983. The molecule has 2 heterocycles. The van der Waals surface area contributed by atoms with Crippen molar-refractivity contribution in [2.45, 2.75) is 31.2 Å². The standard InChI is InChI=1S/C23H28N4O3S/c1-16-21(17(2)30-26-16)15-31-23-20(6-5-11-24-23)22(28)25-14-18-7-9-19(10-8-18)29-13-12-27(3)4/h5-11H,12-15H2,1-4H3,(H,25,28). The highest BCUT2D eigenvalue weighted by molar-refractivity contribution is 7.98. The van der Waals surface area contributed by atoms with Crippen molar-refractivity contribution in [1.29, 1.82) is 0 Å². The first-order valence-corrected chi connectivity index (χ1v) is 11.1. The molecular weight excluding hydrogens is 412 g/mol. The Morgan fingerprint density at radius 3 is 2.65 bits per heavy atom. The number of benzene rings is 1. The molecule has 3 aromatic rings. The van der Waals surface area contributed by atoms with Gasteiger partial charge in [-0.3, -0.25) is 4.79 Å². The van der Waals surface area contributed by atoms with Crippen LogP contribution in [0.2, 0.25) is 0 Å². The Kier molecular flexibility index (Phi) is 8.08. The van der Waals surface area contributed by atoms with Crippen LogP contribution in [-0.4, -0.2) is 48.2 Å². The summed E-state index contributed by atoms with van der Waals surface area (Å²) in [5, 5.41) is 7.64. The Morgan fingerprint density at radius 2 is 1.97 bits per heavy atom. The van der Waals surface area contributed by atoms with E-state index in [4.69, 9.17) is 9.26 Å². The number of hydrogen-bond donors (Lipinski definition) is 1. The number of rotatable bonds is 10. The number of pyridine rings is 1. The van der Waals surface area contributed by atoms with E-state index < -0.39 is 0 Å². The molecule has 0 saturated heterocycles. The molecule has 0 bridgehead atoms. The lowest BCUT2D eigenvalue weighted by Crippen LogP contribution is -2.23. The second-order valence-electron chi connectivity index (χ2n) is 7.43. The van der Waals surface area contributed by atoms with Crippen molar-refractivity contribution in [3.05, 3.63) is 70.7 Å². The van der Waals surface area contributed by atoms with Gasteiger partial charge < -0.3 is 19.5 Å². The van der Waals surface area contributed by atoms with Crippen molar-refractivity contribution in [1.82, 2.24) is 20.4 Å². The number of nitrogens with zero attached hydrogens (tertiary/aromatic N) is 3. The number of likely N-dealkylation sites (N-methyl/N-ethyl adjacent to an activating group) is 1. The number of amides is 1. The van der Waals surface area contributed by atoms with E-state index in [-0.39, 0.29) is 5.91 Å². The minimum Gasteiger partial charge on any atom is -0.492 e. The smallest absolute Gasteiger partial charge is 0.254 e. The van der Waals surface area contributed by atoms with E-state index in [0.717, 1.165) is 34.9 Å². The van der Waals surface area contributed by atoms with E-state index in [1.165, 1.54) is 11.8 Å². The third kappa shape index (κ3) is 6.57. The average molecular weight is 441 g/mol. The second-order valence-corrected chi connectivity index (χ2v) is 8.39. The van der Waals surface area contributed by atoms with Crippen LogP contribution in [0.3, 0.4) is 0 Å². The summed E-state index contributed by atoms with van der Waals surface area (Å²) >= 11 is 1.50. The van der Waals surface area contributed by atoms with E-state index in [2.05, 4.69) is 20.4 Å². The Hall–Kier alpha value is -2.84. The lowest BCUT2D eigenvalue weighted by molar-refractivity contribution is 0.0947. The number of hydrogen-bond acceptors (Lipinski definition) is 7. The molecule has 0 spiro atoms. The first-order chi connectivity index (χ1) is 14.9. The first-order valence-electron chi connectivity index (χ1n) is 10.1. The van der Waals surface area contributed by atoms with Gasteiger partial charge in [0.2, 0.25) is 0 Å². The highest BCUT2D eigenvalue weighted by Gasteiger charge is 2.15. The van der Waals surface area contributed by atoms with E-state index in [9.17, 15) is 4.79 Å². The van der Waals surface area contributed by atoms with Crippen molar-refractivity contribution >= 4 is 17.7 Å². The minimum absolute atomic E-state index is 0.152. The van der Waals surface area contributed by atoms with Crippen LogP contribution in [0, 0.1) is 13.8 Å². The molecule has 0 fully saturated rings. The molecule has 0 saturated carbocycles. The van der Waals surface area contributed by atoms with Crippen molar-refractivity contribution in [2.24, 2.45) is 0 Å². The zero-order valence-electron chi connectivity index (χ0n) is 18.3. The van der Waals surface area contributed by atoms with Crippen molar-refractivity contribution in [3.8, 4) is 5.75 Å². The maximum Gasteiger partial charge on any atom is 0.254 e. The fourth-order valence-electron chi connectivity index (χ4n) is 2.85. The maximum absolute atomic E-state index is 12.8. The van der Waals surface area contributed by atoms with Crippen LogP contribution in [0.1, 0.15) is 32.9 Å². The molecule has 8 heteroatoms. The number of thioether (sulfide) groups is 1. The van der Waals surface area contributed by atoms with Gasteiger partial charge in [0.1, 0.15) is 23.1 Å². The van der Waals surface area contributed by atoms with E-state index >= 15 is 0 Å².